The van der Waals surface area contributed by atoms with Gasteiger partial charge in [0.05, 0.1) is 12.8 Å². The summed E-state index contributed by atoms with van der Waals surface area (Å²) in [5.41, 5.74) is 2.82. The second-order valence-corrected chi connectivity index (χ2v) is 2.71. The van der Waals surface area contributed by atoms with Crippen LogP contribution in [0.5, 0.6) is 5.75 Å². The maximum atomic E-state index is 5.17. The van der Waals surface area contributed by atoms with Crippen LogP contribution in [0.3, 0.4) is 0 Å². The Morgan fingerprint density at radius 2 is 2.15 bits per heavy atom. The fourth-order valence-electron chi connectivity index (χ4n) is 1.28. The molecule has 0 heterocycles. The first-order valence-corrected chi connectivity index (χ1v) is 4.01. The summed E-state index contributed by atoms with van der Waals surface area (Å²) >= 11 is 0. The van der Waals surface area contributed by atoms with Crippen LogP contribution in [-0.4, -0.2) is 13.8 Å². The molecule has 0 saturated carbocycles. The summed E-state index contributed by atoms with van der Waals surface area (Å²) < 4.78 is 5.17. The van der Waals surface area contributed by atoms with Gasteiger partial charge >= 0.3 is 0 Å². The van der Waals surface area contributed by atoms with Gasteiger partial charge in [-0.25, -0.2) is 0 Å². The van der Waals surface area contributed by atoms with Crippen LogP contribution in [0.4, 0.5) is 5.69 Å². The molecule has 0 amide bonds. The molecule has 0 spiro atoms. The van der Waals surface area contributed by atoms with Crippen LogP contribution >= 0.6 is 0 Å². The number of hydrogen-bond donors (Lipinski definition) is 0. The lowest BCUT2D eigenvalue weighted by molar-refractivity contribution is 0.414. The highest BCUT2D eigenvalue weighted by molar-refractivity contribution is 5.73. The zero-order chi connectivity index (χ0) is 9.84. The minimum absolute atomic E-state index is 0.781. The van der Waals surface area contributed by atoms with Gasteiger partial charge in [-0.3, -0.25) is 4.99 Å². The average Bonchev–Trinajstić information content (AvgIpc) is 2.17. The van der Waals surface area contributed by atoms with E-state index in [0.29, 0.717) is 0 Å². The lowest BCUT2D eigenvalue weighted by atomic mass is 10.1. The highest BCUT2D eigenvalue weighted by atomic mass is 16.5. The number of ether oxygens (including phenoxy) is 1. The number of hydrogen-bond acceptors (Lipinski definition) is 2. The van der Waals surface area contributed by atoms with Gasteiger partial charge in [0.1, 0.15) is 5.75 Å². The zero-order valence-electron chi connectivity index (χ0n) is 8.00. The second-order valence-electron chi connectivity index (χ2n) is 2.71. The summed E-state index contributed by atoms with van der Waals surface area (Å²) in [6.45, 7) is 9.23. The Balaban J connectivity index is 3.44. The fraction of sp³-hybridized carbons (Fsp3) is 0.182. The van der Waals surface area contributed by atoms with E-state index in [-0.39, 0.29) is 0 Å². The van der Waals surface area contributed by atoms with Crippen molar-refractivity contribution in [3.05, 3.63) is 29.8 Å². The van der Waals surface area contributed by atoms with E-state index in [1.807, 2.05) is 19.1 Å². The highest BCUT2D eigenvalue weighted by Crippen LogP contribution is 2.32. The van der Waals surface area contributed by atoms with E-state index in [0.717, 1.165) is 22.6 Å². The van der Waals surface area contributed by atoms with E-state index in [2.05, 4.69) is 18.3 Å². The van der Waals surface area contributed by atoms with Crippen LogP contribution in [-0.2, 0) is 0 Å². The third-order valence-corrected chi connectivity index (χ3v) is 1.96. The molecule has 13 heavy (non-hydrogen) atoms. The molecule has 1 aromatic carbocycles. The minimum Gasteiger partial charge on any atom is -0.496 e. The number of benzene rings is 1. The summed E-state index contributed by atoms with van der Waals surface area (Å²) in [6.07, 6.45) is 1.73. The molecule has 68 valence electrons. The summed E-state index contributed by atoms with van der Waals surface area (Å²) in [5.74, 6) is 0.781. The lowest BCUT2D eigenvalue weighted by Crippen LogP contribution is -1.88. The van der Waals surface area contributed by atoms with Crippen LogP contribution in [0, 0.1) is 6.92 Å². The molecule has 2 heteroatoms. The van der Waals surface area contributed by atoms with Crippen LogP contribution < -0.4 is 4.74 Å². The number of rotatable bonds is 3. The van der Waals surface area contributed by atoms with E-state index >= 15 is 0 Å². The first-order chi connectivity index (χ1) is 6.24. The molecular formula is C11H13NO. The van der Waals surface area contributed by atoms with Gasteiger partial charge in [-0.05, 0) is 25.3 Å². The van der Waals surface area contributed by atoms with E-state index in [1.165, 1.54) is 0 Å². The van der Waals surface area contributed by atoms with E-state index < -0.39 is 0 Å². The van der Waals surface area contributed by atoms with Gasteiger partial charge in [0.2, 0.25) is 0 Å². The zero-order valence-corrected chi connectivity index (χ0v) is 8.00. The van der Waals surface area contributed by atoms with Crippen LogP contribution in [0.2, 0.25) is 0 Å². The Bertz CT molecular complexity index is 342. The first kappa shape index (κ1) is 9.52. The van der Waals surface area contributed by atoms with Gasteiger partial charge in [0.15, 0.2) is 0 Å². The Morgan fingerprint density at radius 3 is 2.62 bits per heavy atom. The smallest absolute Gasteiger partial charge is 0.128 e. The maximum Gasteiger partial charge on any atom is 0.128 e. The molecule has 0 aliphatic carbocycles. The van der Waals surface area contributed by atoms with Gasteiger partial charge in [0, 0.05) is 5.56 Å². The van der Waals surface area contributed by atoms with Crippen LogP contribution in [0.15, 0.2) is 23.7 Å². The van der Waals surface area contributed by atoms with Gasteiger partial charge in [-0.1, -0.05) is 18.7 Å². The summed E-state index contributed by atoms with van der Waals surface area (Å²) in [6, 6.07) is 3.86. The standard InChI is InChI=1S/C11H13NO/c1-5-9-10(13-4)7-6-8(2)11(9)12-3/h5-7H,1,3H2,2,4H3. The van der Waals surface area contributed by atoms with Crippen molar-refractivity contribution in [3.63, 3.8) is 0 Å². The van der Waals surface area contributed by atoms with Gasteiger partial charge in [-0.15, -0.1) is 0 Å². The molecule has 0 fully saturated rings. The Labute approximate surface area is 78.6 Å². The van der Waals surface area contributed by atoms with Crippen molar-refractivity contribution in [2.24, 2.45) is 4.99 Å². The normalized spacial score (nSPS) is 9.38. The van der Waals surface area contributed by atoms with Crippen molar-refractivity contribution >= 4 is 18.5 Å². The number of aliphatic imine (C=N–C) groups is 1. The van der Waals surface area contributed by atoms with Gasteiger partial charge in [-0.2, -0.15) is 0 Å². The van der Waals surface area contributed by atoms with Gasteiger partial charge in [0.25, 0.3) is 0 Å². The third kappa shape index (κ3) is 1.61. The predicted molar refractivity (Wildman–Crippen MR) is 57.0 cm³/mol. The molecule has 0 N–H and O–H groups in total. The fourth-order valence-corrected chi connectivity index (χ4v) is 1.28. The number of methoxy groups -OCH3 is 1. The quantitative estimate of drug-likeness (QED) is 0.647. The van der Waals surface area contributed by atoms with Crippen molar-refractivity contribution in [1.29, 1.82) is 0 Å². The summed E-state index contributed by atoms with van der Waals surface area (Å²) in [7, 11) is 1.63. The Hall–Kier alpha value is -1.57. The molecule has 1 rings (SSSR count). The predicted octanol–water partition coefficient (Wildman–Crippen LogP) is 2.98. The molecular weight excluding hydrogens is 162 g/mol. The third-order valence-electron chi connectivity index (χ3n) is 1.96. The molecule has 0 atom stereocenters. The van der Waals surface area contributed by atoms with Gasteiger partial charge < -0.3 is 4.74 Å². The first-order valence-electron chi connectivity index (χ1n) is 4.01. The second kappa shape index (κ2) is 3.90. The largest absolute Gasteiger partial charge is 0.496 e. The van der Waals surface area contributed by atoms with Crippen LogP contribution in [0.1, 0.15) is 11.1 Å². The molecule has 0 bridgehead atoms. The molecule has 0 saturated heterocycles. The van der Waals surface area contributed by atoms with Crippen molar-refractivity contribution in [1.82, 2.24) is 0 Å². The molecule has 0 aliphatic heterocycles. The molecule has 0 aromatic heterocycles. The molecule has 2 nitrogen and oxygen atoms in total. The maximum absolute atomic E-state index is 5.17. The molecule has 0 aliphatic rings. The van der Waals surface area contributed by atoms with E-state index in [9.17, 15) is 0 Å². The van der Waals surface area contributed by atoms with Crippen molar-refractivity contribution < 1.29 is 4.74 Å². The van der Waals surface area contributed by atoms with Crippen molar-refractivity contribution in [2.75, 3.05) is 7.11 Å². The monoisotopic (exact) mass is 175 g/mol. The topological polar surface area (TPSA) is 21.6 Å². The SMILES string of the molecule is C=Cc1c(OC)ccc(C)c1N=C. The van der Waals surface area contributed by atoms with E-state index in [4.69, 9.17) is 4.74 Å². The molecule has 0 unspecified atom stereocenters. The number of nitrogens with zero attached hydrogens (tertiary/aromatic N) is 1. The van der Waals surface area contributed by atoms with Crippen molar-refractivity contribution in [2.45, 2.75) is 6.92 Å². The highest BCUT2D eigenvalue weighted by Gasteiger charge is 2.06. The van der Waals surface area contributed by atoms with Crippen LogP contribution in [0.25, 0.3) is 6.08 Å². The van der Waals surface area contributed by atoms with Crippen molar-refractivity contribution in [3.8, 4) is 5.75 Å². The number of aryl methyl sites for hydroxylation is 1. The van der Waals surface area contributed by atoms with E-state index in [1.54, 1.807) is 13.2 Å². The summed E-state index contributed by atoms with van der Waals surface area (Å²) in [4.78, 5) is 3.95. The lowest BCUT2D eigenvalue weighted by Gasteiger charge is -2.09. The Kier molecular flexibility index (Phi) is 2.85. The average molecular weight is 175 g/mol. The summed E-state index contributed by atoms with van der Waals surface area (Å²) in [5, 5.41) is 0. The Morgan fingerprint density at radius 1 is 1.46 bits per heavy atom. The minimum atomic E-state index is 0.781. The molecule has 0 radical (unpaired) electrons. The molecule has 1 aromatic rings.